The number of rotatable bonds is 5. The van der Waals surface area contributed by atoms with Gasteiger partial charge in [-0.05, 0) is 31.7 Å². The van der Waals surface area contributed by atoms with Gasteiger partial charge in [0.2, 0.25) is 0 Å². The molecule has 0 saturated carbocycles. The Kier molecular flexibility index (Phi) is 6.37. The molecular formula is C15H21NO3. The zero-order chi connectivity index (χ0) is 14.3. The Morgan fingerprint density at radius 1 is 1.42 bits per heavy atom. The summed E-state index contributed by atoms with van der Waals surface area (Å²) in [7, 11) is 3.55. The van der Waals surface area contributed by atoms with E-state index in [0.29, 0.717) is 12.3 Å². The molecule has 0 bridgehead atoms. The monoisotopic (exact) mass is 263 g/mol. The summed E-state index contributed by atoms with van der Waals surface area (Å²) in [6.07, 6.45) is -0.350. The maximum Gasteiger partial charge on any atom is 0.134 e. The summed E-state index contributed by atoms with van der Waals surface area (Å²) in [4.78, 5) is 2.04. The van der Waals surface area contributed by atoms with Crippen LogP contribution in [0.2, 0.25) is 0 Å². The van der Waals surface area contributed by atoms with E-state index in [9.17, 15) is 5.11 Å². The minimum atomic E-state index is -0.350. The zero-order valence-corrected chi connectivity index (χ0v) is 11.7. The van der Waals surface area contributed by atoms with Crippen LogP contribution in [0.15, 0.2) is 18.2 Å². The number of hydrogen-bond acceptors (Lipinski definition) is 4. The van der Waals surface area contributed by atoms with Crippen LogP contribution in [0, 0.1) is 11.8 Å². The minimum absolute atomic E-state index is 0.171. The molecule has 4 nitrogen and oxygen atoms in total. The van der Waals surface area contributed by atoms with Crippen LogP contribution in [0.3, 0.4) is 0 Å². The van der Waals surface area contributed by atoms with Crippen molar-refractivity contribution in [2.75, 3.05) is 27.3 Å². The SMILES string of the molecule is COc1ccc(CN(C)CC(C)O)cc1C#CCO. The van der Waals surface area contributed by atoms with Crippen LogP contribution in [-0.2, 0) is 6.54 Å². The van der Waals surface area contributed by atoms with Crippen LogP contribution < -0.4 is 4.74 Å². The van der Waals surface area contributed by atoms with Gasteiger partial charge in [0.05, 0.1) is 18.8 Å². The molecule has 2 N–H and O–H groups in total. The molecule has 0 aliphatic rings. The topological polar surface area (TPSA) is 52.9 Å². The summed E-state index contributed by atoms with van der Waals surface area (Å²) in [6, 6.07) is 5.79. The normalized spacial score (nSPS) is 11.9. The van der Waals surface area contributed by atoms with Gasteiger partial charge in [-0.15, -0.1) is 0 Å². The van der Waals surface area contributed by atoms with E-state index < -0.39 is 0 Å². The van der Waals surface area contributed by atoms with Gasteiger partial charge in [-0.25, -0.2) is 0 Å². The summed E-state index contributed by atoms with van der Waals surface area (Å²) < 4.78 is 5.23. The largest absolute Gasteiger partial charge is 0.495 e. The lowest BCUT2D eigenvalue weighted by atomic mass is 10.1. The van der Waals surface area contributed by atoms with Crippen molar-refractivity contribution in [3.8, 4) is 17.6 Å². The van der Waals surface area contributed by atoms with E-state index in [0.717, 1.165) is 17.7 Å². The predicted octanol–water partition coefficient (Wildman–Crippen LogP) is 0.852. The molecule has 1 aromatic carbocycles. The predicted molar refractivity (Wildman–Crippen MR) is 75.0 cm³/mol. The number of aliphatic hydroxyl groups is 2. The molecule has 0 aliphatic heterocycles. The molecule has 1 aromatic rings. The van der Waals surface area contributed by atoms with E-state index in [1.165, 1.54) is 0 Å². The summed E-state index contributed by atoms with van der Waals surface area (Å²) >= 11 is 0. The highest BCUT2D eigenvalue weighted by Crippen LogP contribution is 2.19. The lowest BCUT2D eigenvalue weighted by Crippen LogP contribution is -2.26. The third-order valence-corrected chi connectivity index (χ3v) is 2.59. The number of benzene rings is 1. The molecule has 0 aliphatic carbocycles. The first-order valence-electron chi connectivity index (χ1n) is 6.20. The first-order chi connectivity index (χ1) is 9.06. The molecule has 0 heterocycles. The molecular weight excluding hydrogens is 242 g/mol. The standard InChI is InChI=1S/C15H21NO3/c1-12(18)10-16(2)11-13-6-7-15(19-3)14(9-13)5-4-8-17/h6-7,9,12,17-18H,8,10-11H2,1-3H3. The van der Waals surface area contributed by atoms with E-state index in [2.05, 4.69) is 11.8 Å². The molecule has 0 saturated heterocycles. The summed E-state index contributed by atoms with van der Waals surface area (Å²) in [6.45, 7) is 2.93. The van der Waals surface area contributed by atoms with Gasteiger partial charge in [-0.3, -0.25) is 4.90 Å². The van der Waals surface area contributed by atoms with Crippen molar-refractivity contribution >= 4 is 0 Å². The van der Waals surface area contributed by atoms with Crippen molar-refractivity contribution < 1.29 is 14.9 Å². The number of aliphatic hydroxyl groups excluding tert-OH is 2. The fourth-order valence-corrected chi connectivity index (χ4v) is 1.91. The molecule has 0 fully saturated rings. The van der Waals surface area contributed by atoms with Crippen molar-refractivity contribution in [1.29, 1.82) is 0 Å². The second-order valence-electron chi connectivity index (χ2n) is 4.54. The van der Waals surface area contributed by atoms with E-state index in [1.54, 1.807) is 14.0 Å². The highest BCUT2D eigenvalue weighted by Gasteiger charge is 2.06. The Balaban J connectivity index is 2.85. The van der Waals surface area contributed by atoms with Crippen LogP contribution >= 0.6 is 0 Å². The van der Waals surface area contributed by atoms with Crippen molar-refractivity contribution in [3.05, 3.63) is 29.3 Å². The van der Waals surface area contributed by atoms with Gasteiger partial charge in [0.25, 0.3) is 0 Å². The Hall–Kier alpha value is -1.54. The van der Waals surface area contributed by atoms with Crippen molar-refractivity contribution in [2.24, 2.45) is 0 Å². The van der Waals surface area contributed by atoms with Crippen molar-refractivity contribution in [1.82, 2.24) is 4.90 Å². The van der Waals surface area contributed by atoms with Crippen LogP contribution in [-0.4, -0.2) is 48.5 Å². The van der Waals surface area contributed by atoms with Gasteiger partial charge in [0.15, 0.2) is 0 Å². The number of likely N-dealkylation sites (N-methyl/N-ethyl adjacent to an activating group) is 1. The summed E-state index contributed by atoms with van der Waals surface area (Å²) in [5.74, 6) is 6.20. The molecule has 19 heavy (non-hydrogen) atoms. The van der Waals surface area contributed by atoms with E-state index in [-0.39, 0.29) is 12.7 Å². The molecule has 0 spiro atoms. The lowest BCUT2D eigenvalue weighted by molar-refractivity contribution is 0.138. The molecule has 104 valence electrons. The van der Waals surface area contributed by atoms with Gasteiger partial charge >= 0.3 is 0 Å². The van der Waals surface area contributed by atoms with E-state index in [4.69, 9.17) is 9.84 Å². The maximum absolute atomic E-state index is 9.34. The Bertz CT molecular complexity index is 460. The Labute approximate surface area is 114 Å². The van der Waals surface area contributed by atoms with Crippen LogP contribution in [0.5, 0.6) is 5.75 Å². The molecule has 1 rings (SSSR count). The average Bonchev–Trinajstić information content (AvgIpc) is 2.35. The van der Waals surface area contributed by atoms with Crippen LogP contribution in [0.1, 0.15) is 18.1 Å². The van der Waals surface area contributed by atoms with Crippen molar-refractivity contribution in [3.63, 3.8) is 0 Å². The lowest BCUT2D eigenvalue weighted by Gasteiger charge is -2.18. The van der Waals surface area contributed by atoms with Gasteiger partial charge in [-0.1, -0.05) is 17.9 Å². The molecule has 0 amide bonds. The molecule has 0 aromatic heterocycles. The van der Waals surface area contributed by atoms with Gasteiger partial charge in [0.1, 0.15) is 12.4 Å². The fraction of sp³-hybridized carbons (Fsp3) is 0.467. The highest BCUT2D eigenvalue weighted by molar-refractivity contribution is 5.48. The van der Waals surface area contributed by atoms with Gasteiger partial charge in [0, 0.05) is 13.1 Å². The fourth-order valence-electron chi connectivity index (χ4n) is 1.91. The number of ether oxygens (including phenoxy) is 1. The quantitative estimate of drug-likeness (QED) is 0.773. The van der Waals surface area contributed by atoms with Crippen LogP contribution in [0.25, 0.3) is 0 Å². The summed E-state index contributed by atoms with van der Waals surface area (Å²) in [5.41, 5.74) is 1.85. The summed E-state index contributed by atoms with van der Waals surface area (Å²) in [5, 5.41) is 18.1. The van der Waals surface area contributed by atoms with E-state index >= 15 is 0 Å². The molecule has 1 atom stereocenters. The second-order valence-corrected chi connectivity index (χ2v) is 4.54. The minimum Gasteiger partial charge on any atom is -0.495 e. The van der Waals surface area contributed by atoms with Gasteiger partial charge < -0.3 is 14.9 Å². The molecule has 4 heteroatoms. The molecule has 0 radical (unpaired) electrons. The third kappa shape index (κ3) is 5.31. The number of methoxy groups -OCH3 is 1. The Morgan fingerprint density at radius 3 is 2.74 bits per heavy atom. The Morgan fingerprint density at radius 2 is 2.16 bits per heavy atom. The van der Waals surface area contributed by atoms with Crippen molar-refractivity contribution in [2.45, 2.75) is 19.6 Å². The highest BCUT2D eigenvalue weighted by atomic mass is 16.5. The number of hydrogen-bond donors (Lipinski definition) is 2. The first kappa shape index (κ1) is 15.5. The molecule has 1 unspecified atom stereocenters. The maximum atomic E-state index is 9.34. The third-order valence-electron chi connectivity index (χ3n) is 2.59. The zero-order valence-electron chi connectivity index (χ0n) is 11.7. The van der Waals surface area contributed by atoms with E-state index in [1.807, 2.05) is 30.1 Å². The number of nitrogens with zero attached hydrogens (tertiary/aromatic N) is 1. The van der Waals surface area contributed by atoms with Gasteiger partial charge in [-0.2, -0.15) is 0 Å². The second kappa shape index (κ2) is 7.80. The average molecular weight is 263 g/mol. The smallest absolute Gasteiger partial charge is 0.134 e. The first-order valence-corrected chi connectivity index (χ1v) is 6.20. The van der Waals surface area contributed by atoms with Crippen LogP contribution in [0.4, 0.5) is 0 Å².